The molecule has 0 aliphatic carbocycles. The number of carbonyl (C=O) groups excluding carboxylic acids is 1. The maximum absolute atomic E-state index is 11.6. The minimum absolute atomic E-state index is 0.0631. The summed E-state index contributed by atoms with van der Waals surface area (Å²) in [4.78, 5) is 13.3. The second-order valence-corrected chi connectivity index (χ2v) is 4.17. The molecule has 1 aliphatic rings. The number of nitrogens with zero attached hydrogens (tertiary/aromatic N) is 1. The van der Waals surface area contributed by atoms with Crippen LogP contribution in [0, 0.1) is 5.92 Å². The van der Waals surface area contributed by atoms with E-state index in [1.54, 1.807) is 17.0 Å². The summed E-state index contributed by atoms with van der Waals surface area (Å²) in [6.45, 7) is 0.660. The number of amides is 1. The van der Waals surface area contributed by atoms with Crippen LogP contribution in [0.2, 0.25) is 5.02 Å². The molecule has 0 unspecified atom stereocenters. The van der Waals surface area contributed by atoms with Crippen molar-refractivity contribution < 1.29 is 9.90 Å². The fraction of sp³-hybridized carbons (Fsp3) is 0.364. The van der Waals surface area contributed by atoms with Gasteiger partial charge in [0.15, 0.2) is 0 Å². The molecule has 1 N–H and O–H groups in total. The van der Waals surface area contributed by atoms with E-state index in [2.05, 4.69) is 0 Å². The molecular weight excluding hydrogens is 214 g/mol. The van der Waals surface area contributed by atoms with Gasteiger partial charge < -0.3 is 10.0 Å². The van der Waals surface area contributed by atoms with Crippen LogP contribution in [-0.4, -0.2) is 24.2 Å². The molecule has 0 bridgehead atoms. The van der Waals surface area contributed by atoms with E-state index < -0.39 is 0 Å². The minimum atomic E-state index is 0.0631. The third-order valence-corrected chi connectivity index (χ3v) is 2.85. The Bertz CT molecular complexity index is 363. The quantitative estimate of drug-likeness (QED) is 0.832. The first kappa shape index (κ1) is 10.5. The van der Waals surface area contributed by atoms with E-state index in [0.29, 0.717) is 18.0 Å². The van der Waals surface area contributed by atoms with Crippen molar-refractivity contribution in [2.45, 2.75) is 6.42 Å². The first-order valence-electron chi connectivity index (χ1n) is 4.87. The monoisotopic (exact) mass is 225 g/mol. The molecule has 1 aromatic carbocycles. The summed E-state index contributed by atoms with van der Waals surface area (Å²) >= 11 is 5.77. The number of halogens is 1. The normalized spacial score (nSPS) is 21.1. The largest absolute Gasteiger partial charge is 0.396 e. The van der Waals surface area contributed by atoms with Gasteiger partial charge in [-0.25, -0.2) is 0 Å². The number of hydrogen-bond donors (Lipinski definition) is 1. The van der Waals surface area contributed by atoms with Crippen LogP contribution in [0.1, 0.15) is 6.42 Å². The molecule has 80 valence electrons. The molecule has 0 aromatic heterocycles. The summed E-state index contributed by atoms with van der Waals surface area (Å²) in [5.74, 6) is 0.129. The van der Waals surface area contributed by atoms with Crippen molar-refractivity contribution in [2.75, 3.05) is 18.1 Å². The van der Waals surface area contributed by atoms with Gasteiger partial charge in [-0.3, -0.25) is 4.79 Å². The average molecular weight is 226 g/mol. The summed E-state index contributed by atoms with van der Waals surface area (Å²) in [5.41, 5.74) is 0.848. The molecule has 15 heavy (non-hydrogen) atoms. The standard InChI is InChI=1S/C11H12ClNO2/c12-9-1-3-10(4-2-9)13-6-8(7-14)5-11(13)15/h1-4,8,14H,5-7H2/t8-/m1/s1. The lowest BCUT2D eigenvalue weighted by Gasteiger charge is -2.16. The number of rotatable bonds is 2. The highest BCUT2D eigenvalue weighted by Crippen LogP contribution is 2.25. The molecule has 1 atom stereocenters. The summed E-state index contributed by atoms with van der Waals surface area (Å²) in [6, 6.07) is 7.16. The van der Waals surface area contributed by atoms with Crippen molar-refractivity contribution >= 4 is 23.2 Å². The van der Waals surface area contributed by atoms with Gasteiger partial charge in [-0.15, -0.1) is 0 Å². The highest BCUT2D eigenvalue weighted by atomic mass is 35.5. The second-order valence-electron chi connectivity index (χ2n) is 3.73. The van der Waals surface area contributed by atoms with Gasteiger partial charge in [-0.05, 0) is 24.3 Å². The van der Waals surface area contributed by atoms with E-state index in [-0.39, 0.29) is 18.4 Å². The molecule has 0 radical (unpaired) electrons. The molecule has 1 fully saturated rings. The third-order valence-electron chi connectivity index (χ3n) is 2.60. The first-order chi connectivity index (χ1) is 7.20. The highest BCUT2D eigenvalue weighted by Gasteiger charge is 2.29. The Hall–Kier alpha value is -1.06. The molecule has 1 aliphatic heterocycles. The summed E-state index contributed by atoms with van der Waals surface area (Å²) in [6.07, 6.45) is 0.430. The van der Waals surface area contributed by atoms with E-state index in [9.17, 15) is 4.79 Å². The van der Waals surface area contributed by atoms with Crippen LogP contribution in [0.4, 0.5) is 5.69 Å². The Morgan fingerprint density at radius 2 is 2.07 bits per heavy atom. The predicted molar refractivity (Wildman–Crippen MR) is 59.0 cm³/mol. The molecule has 0 spiro atoms. The van der Waals surface area contributed by atoms with E-state index in [0.717, 1.165) is 5.69 Å². The molecule has 0 saturated carbocycles. The van der Waals surface area contributed by atoms with Gasteiger partial charge in [-0.2, -0.15) is 0 Å². The SMILES string of the molecule is O=C1C[C@@H](CO)CN1c1ccc(Cl)cc1. The van der Waals surface area contributed by atoms with Gasteiger partial charge in [0, 0.05) is 36.2 Å². The van der Waals surface area contributed by atoms with Crippen molar-refractivity contribution in [3.8, 4) is 0 Å². The zero-order chi connectivity index (χ0) is 10.8. The topological polar surface area (TPSA) is 40.5 Å². The van der Waals surface area contributed by atoms with Crippen LogP contribution >= 0.6 is 11.6 Å². The molecular formula is C11H12ClNO2. The van der Waals surface area contributed by atoms with Crippen LogP contribution in [-0.2, 0) is 4.79 Å². The van der Waals surface area contributed by atoms with Gasteiger partial charge in [-0.1, -0.05) is 11.6 Å². The Kier molecular flexibility index (Phi) is 2.93. The lowest BCUT2D eigenvalue weighted by atomic mass is 10.1. The predicted octanol–water partition coefficient (Wildman–Crippen LogP) is 1.69. The zero-order valence-electron chi connectivity index (χ0n) is 8.19. The van der Waals surface area contributed by atoms with Gasteiger partial charge in [0.1, 0.15) is 0 Å². The molecule has 3 nitrogen and oxygen atoms in total. The fourth-order valence-corrected chi connectivity index (χ4v) is 1.90. The summed E-state index contributed by atoms with van der Waals surface area (Å²) < 4.78 is 0. The Morgan fingerprint density at radius 1 is 1.40 bits per heavy atom. The molecule has 4 heteroatoms. The second kappa shape index (κ2) is 4.21. The average Bonchev–Trinajstić information content (AvgIpc) is 2.61. The van der Waals surface area contributed by atoms with E-state index in [1.807, 2.05) is 12.1 Å². The summed E-state index contributed by atoms with van der Waals surface area (Å²) in [5, 5.41) is 9.65. The lowest BCUT2D eigenvalue weighted by Crippen LogP contribution is -2.24. The maximum Gasteiger partial charge on any atom is 0.227 e. The molecule has 1 heterocycles. The van der Waals surface area contributed by atoms with Crippen molar-refractivity contribution in [2.24, 2.45) is 5.92 Å². The third kappa shape index (κ3) is 2.13. The fourth-order valence-electron chi connectivity index (χ4n) is 1.77. The van der Waals surface area contributed by atoms with Crippen LogP contribution in [0.15, 0.2) is 24.3 Å². The number of aliphatic hydroxyl groups is 1. The Labute approximate surface area is 93.3 Å². The number of carbonyl (C=O) groups is 1. The van der Waals surface area contributed by atoms with Crippen molar-refractivity contribution in [1.82, 2.24) is 0 Å². The maximum atomic E-state index is 11.6. The van der Waals surface area contributed by atoms with Crippen molar-refractivity contribution in [1.29, 1.82) is 0 Å². The first-order valence-corrected chi connectivity index (χ1v) is 5.25. The van der Waals surface area contributed by atoms with Crippen LogP contribution in [0.3, 0.4) is 0 Å². The molecule has 2 rings (SSSR count). The van der Waals surface area contributed by atoms with Gasteiger partial charge in [0.05, 0.1) is 0 Å². The van der Waals surface area contributed by atoms with E-state index in [1.165, 1.54) is 0 Å². The molecule has 1 amide bonds. The lowest BCUT2D eigenvalue weighted by molar-refractivity contribution is -0.117. The smallest absolute Gasteiger partial charge is 0.227 e. The van der Waals surface area contributed by atoms with Crippen LogP contribution in [0.25, 0.3) is 0 Å². The molecule has 1 aromatic rings. The number of anilines is 1. The van der Waals surface area contributed by atoms with Gasteiger partial charge in [0.25, 0.3) is 0 Å². The Balaban J connectivity index is 2.18. The van der Waals surface area contributed by atoms with Crippen LogP contribution < -0.4 is 4.90 Å². The summed E-state index contributed by atoms with van der Waals surface area (Å²) in [7, 11) is 0. The van der Waals surface area contributed by atoms with E-state index >= 15 is 0 Å². The van der Waals surface area contributed by atoms with Gasteiger partial charge >= 0.3 is 0 Å². The van der Waals surface area contributed by atoms with Gasteiger partial charge in [0.2, 0.25) is 5.91 Å². The van der Waals surface area contributed by atoms with Crippen molar-refractivity contribution in [3.63, 3.8) is 0 Å². The minimum Gasteiger partial charge on any atom is -0.396 e. The number of aliphatic hydroxyl groups excluding tert-OH is 1. The van der Waals surface area contributed by atoms with E-state index in [4.69, 9.17) is 16.7 Å². The zero-order valence-corrected chi connectivity index (χ0v) is 8.94. The number of benzene rings is 1. The molecule has 1 saturated heterocycles. The number of hydrogen-bond acceptors (Lipinski definition) is 2. The van der Waals surface area contributed by atoms with Crippen molar-refractivity contribution in [3.05, 3.63) is 29.3 Å². The highest BCUT2D eigenvalue weighted by molar-refractivity contribution is 6.30. The van der Waals surface area contributed by atoms with Crippen LogP contribution in [0.5, 0.6) is 0 Å². The Morgan fingerprint density at radius 3 is 2.60 bits per heavy atom.